The highest BCUT2D eigenvalue weighted by Crippen LogP contribution is 2.26. The van der Waals surface area contributed by atoms with Crippen LogP contribution in [0.3, 0.4) is 0 Å². The number of para-hydroxylation sites is 1. The van der Waals surface area contributed by atoms with Gasteiger partial charge in [-0.25, -0.2) is 9.82 Å². The van der Waals surface area contributed by atoms with E-state index in [1.807, 2.05) is 30.3 Å². The van der Waals surface area contributed by atoms with E-state index in [4.69, 9.17) is 9.15 Å². The van der Waals surface area contributed by atoms with Crippen LogP contribution in [0.2, 0.25) is 0 Å². The van der Waals surface area contributed by atoms with Crippen molar-refractivity contribution in [2.24, 2.45) is 5.10 Å². The normalized spacial score (nSPS) is 11.1. The number of hydrogen-bond donors (Lipinski definition) is 1. The molecule has 0 atom stereocenters. The lowest BCUT2D eigenvalue weighted by molar-refractivity contribution is 0.0929. The molecule has 7 heteroatoms. The van der Waals surface area contributed by atoms with Gasteiger partial charge in [-0.3, -0.25) is 4.79 Å². The zero-order chi connectivity index (χ0) is 20.9. The monoisotopic (exact) mass is 466 g/mol. The fourth-order valence-corrected chi connectivity index (χ4v) is 3.28. The Morgan fingerprint density at radius 3 is 2.67 bits per heavy atom. The van der Waals surface area contributed by atoms with Gasteiger partial charge in [-0.15, -0.1) is 0 Å². The first-order valence-electron chi connectivity index (χ1n) is 9.07. The number of fused-ring (bicyclic) bond motifs is 1. The highest BCUT2D eigenvalue weighted by molar-refractivity contribution is 9.10. The number of halogens is 2. The average Bonchev–Trinajstić information content (AvgIpc) is 3.19. The van der Waals surface area contributed by atoms with E-state index in [0.29, 0.717) is 17.9 Å². The summed E-state index contributed by atoms with van der Waals surface area (Å²) < 4.78 is 25.0. The highest BCUT2D eigenvalue weighted by Gasteiger charge is 2.11. The molecule has 0 saturated carbocycles. The molecule has 0 spiro atoms. The number of carbonyl (C=O) groups excluding carboxylic acids is 1. The summed E-state index contributed by atoms with van der Waals surface area (Å²) in [7, 11) is 0. The van der Waals surface area contributed by atoms with Crippen molar-refractivity contribution in [1.82, 2.24) is 5.43 Å². The van der Waals surface area contributed by atoms with E-state index in [9.17, 15) is 9.18 Å². The molecular formula is C23H16BrFN2O3. The fraction of sp³-hybridized carbons (Fsp3) is 0.0435. The number of amides is 1. The van der Waals surface area contributed by atoms with E-state index >= 15 is 0 Å². The van der Waals surface area contributed by atoms with Crippen LogP contribution in [0.25, 0.3) is 11.0 Å². The van der Waals surface area contributed by atoms with E-state index < -0.39 is 5.91 Å². The molecule has 30 heavy (non-hydrogen) atoms. The van der Waals surface area contributed by atoms with Crippen LogP contribution in [0.15, 0.2) is 86.8 Å². The quantitative estimate of drug-likeness (QED) is 0.293. The molecule has 3 aromatic carbocycles. The van der Waals surface area contributed by atoms with Crippen molar-refractivity contribution in [3.63, 3.8) is 0 Å². The zero-order valence-electron chi connectivity index (χ0n) is 15.6. The number of nitrogens with one attached hydrogen (secondary N) is 1. The van der Waals surface area contributed by atoms with Crippen LogP contribution in [-0.2, 0) is 6.61 Å². The predicted molar refractivity (Wildman–Crippen MR) is 116 cm³/mol. The summed E-state index contributed by atoms with van der Waals surface area (Å²) in [5.74, 6) is 0.124. The minimum Gasteiger partial charge on any atom is -0.488 e. The predicted octanol–water partition coefficient (Wildman–Crippen LogP) is 5.68. The summed E-state index contributed by atoms with van der Waals surface area (Å²) in [4.78, 5) is 12.2. The molecule has 0 aliphatic heterocycles. The minimum absolute atomic E-state index is 0.194. The Balaban J connectivity index is 1.36. The standard InChI is InChI=1S/C23H16BrFN2O3/c24-19-11-16(7-10-21(19)29-14-15-5-8-18(25)9-6-15)13-26-27-23(28)22-12-17-3-1-2-4-20(17)30-22/h1-13H,14H2,(H,27,28)/b26-13+. The van der Waals surface area contributed by atoms with Gasteiger partial charge in [0.25, 0.3) is 0 Å². The lowest BCUT2D eigenvalue weighted by Crippen LogP contribution is -2.16. The van der Waals surface area contributed by atoms with Crippen molar-refractivity contribution in [2.75, 3.05) is 0 Å². The van der Waals surface area contributed by atoms with Crippen LogP contribution in [-0.4, -0.2) is 12.1 Å². The Kier molecular flexibility index (Phi) is 5.90. The average molecular weight is 467 g/mol. The molecule has 0 radical (unpaired) electrons. The smallest absolute Gasteiger partial charge is 0.307 e. The molecule has 1 amide bonds. The fourth-order valence-electron chi connectivity index (χ4n) is 2.77. The van der Waals surface area contributed by atoms with Crippen molar-refractivity contribution in [1.29, 1.82) is 0 Å². The molecule has 1 heterocycles. The minimum atomic E-state index is -0.430. The van der Waals surface area contributed by atoms with Crippen molar-refractivity contribution in [3.8, 4) is 5.75 Å². The number of hydrogen-bond acceptors (Lipinski definition) is 4. The second-order valence-electron chi connectivity index (χ2n) is 6.45. The van der Waals surface area contributed by atoms with Crippen molar-refractivity contribution in [3.05, 3.63) is 100.0 Å². The van der Waals surface area contributed by atoms with E-state index in [-0.39, 0.29) is 11.6 Å². The Hall–Kier alpha value is -3.45. The summed E-state index contributed by atoms with van der Waals surface area (Å²) in [6.07, 6.45) is 1.52. The molecule has 0 fully saturated rings. The SMILES string of the molecule is O=C(N/N=C/c1ccc(OCc2ccc(F)cc2)c(Br)c1)c1cc2ccccc2o1. The van der Waals surface area contributed by atoms with E-state index in [1.165, 1.54) is 18.3 Å². The maximum atomic E-state index is 13.0. The second kappa shape index (κ2) is 8.92. The molecule has 0 unspecified atom stereocenters. The van der Waals surface area contributed by atoms with Gasteiger partial charge in [0.15, 0.2) is 5.76 Å². The Morgan fingerprint density at radius 2 is 1.90 bits per heavy atom. The number of ether oxygens (including phenoxy) is 1. The van der Waals surface area contributed by atoms with Gasteiger partial charge in [0, 0.05) is 5.39 Å². The maximum absolute atomic E-state index is 13.0. The van der Waals surface area contributed by atoms with Gasteiger partial charge in [0.2, 0.25) is 0 Å². The van der Waals surface area contributed by atoms with Crippen LogP contribution < -0.4 is 10.2 Å². The Labute approximate surface area is 180 Å². The van der Waals surface area contributed by atoms with Crippen LogP contribution >= 0.6 is 15.9 Å². The number of rotatable bonds is 6. The topological polar surface area (TPSA) is 63.8 Å². The van der Waals surface area contributed by atoms with Crippen LogP contribution in [0, 0.1) is 5.82 Å². The third-order valence-corrected chi connectivity index (χ3v) is 4.91. The van der Waals surface area contributed by atoms with Gasteiger partial charge in [-0.1, -0.05) is 30.3 Å². The van der Waals surface area contributed by atoms with Gasteiger partial charge in [-0.05, 0) is 69.5 Å². The van der Waals surface area contributed by atoms with Gasteiger partial charge < -0.3 is 9.15 Å². The lowest BCUT2D eigenvalue weighted by atomic mass is 10.2. The third kappa shape index (κ3) is 4.75. The summed E-state index contributed by atoms with van der Waals surface area (Å²) >= 11 is 3.46. The summed E-state index contributed by atoms with van der Waals surface area (Å²) in [6.45, 7) is 0.319. The van der Waals surface area contributed by atoms with Gasteiger partial charge in [-0.2, -0.15) is 5.10 Å². The molecule has 1 aromatic heterocycles. The largest absolute Gasteiger partial charge is 0.488 e. The second-order valence-corrected chi connectivity index (χ2v) is 7.31. The first-order chi connectivity index (χ1) is 14.6. The van der Waals surface area contributed by atoms with Gasteiger partial charge >= 0.3 is 5.91 Å². The summed E-state index contributed by atoms with van der Waals surface area (Å²) in [5, 5.41) is 4.83. The molecule has 0 aliphatic carbocycles. The van der Waals surface area contributed by atoms with Gasteiger partial charge in [0.1, 0.15) is 23.8 Å². The van der Waals surface area contributed by atoms with E-state index in [0.717, 1.165) is 21.0 Å². The van der Waals surface area contributed by atoms with Crippen LogP contribution in [0.1, 0.15) is 21.7 Å². The maximum Gasteiger partial charge on any atom is 0.307 e. The molecular weight excluding hydrogens is 451 g/mol. The first-order valence-corrected chi connectivity index (χ1v) is 9.86. The number of benzene rings is 3. The number of nitrogens with zero attached hydrogens (tertiary/aromatic N) is 1. The van der Waals surface area contributed by atoms with Crippen molar-refractivity contribution >= 4 is 39.0 Å². The molecule has 0 bridgehead atoms. The van der Waals surface area contributed by atoms with Crippen LogP contribution in [0.5, 0.6) is 5.75 Å². The molecule has 150 valence electrons. The zero-order valence-corrected chi connectivity index (χ0v) is 17.2. The first kappa shape index (κ1) is 19.8. The molecule has 1 N–H and O–H groups in total. The lowest BCUT2D eigenvalue weighted by Gasteiger charge is -2.09. The molecule has 5 nitrogen and oxygen atoms in total. The number of furan rings is 1. The van der Waals surface area contributed by atoms with E-state index in [2.05, 4.69) is 26.5 Å². The molecule has 4 aromatic rings. The number of hydrazone groups is 1. The number of carbonyl (C=O) groups is 1. The van der Waals surface area contributed by atoms with E-state index in [1.54, 1.807) is 30.3 Å². The molecule has 4 rings (SSSR count). The highest BCUT2D eigenvalue weighted by atomic mass is 79.9. The van der Waals surface area contributed by atoms with Crippen molar-refractivity contribution in [2.45, 2.75) is 6.61 Å². The Bertz CT molecular complexity index is 1190. The van der Waals surface area contributed by atoms with Crippen LogP contribution in [0.4, 0.5) is 4.39 Å². The summed E-state index contributed by atoms with van der Waals surface area (Å²) in [6, 6.07) is 20.6. The summed E-state index contributed by atoms with van der Waals surface area (Å²) in [5.41, 5.74) is 4.73. The molecule has 0 aliphatic rings. The molecule has 0 saturated heterocycles. The van der Waals surface area contributed by atoms with Gasteiger partial charge in [0.05, 0.1) is 10.7 Å². The third-order valence-electron chi connectivity index (χ3n) is 4.29. The van der Waals surface area contributed by atoms with Crippen molar-refractivity contribution < 1.29 is 18.3 Å². The Morgan fingerprint density at radius 1 is 1.10 bits per heavy atom.